The van der Waals surface area contributed by atoms with E-state index in [4.69, 9.17) is 4.42 Å². The van der Waals surface area contributed by atoms with Crippen molar-refractivity contribution in [3.05, 3.63) is 65.5 Å². The first-order valence-electron chi connectivity index (χ1n) is 9.35. The van der Waals surface area contributed by atoms with Gasteiger partial charge in [-0.05, 0) is 48.4 Å². The van der Waals surface area contributed by atoms with Crippen LogP contribution in [0.4, 0.5) is 0 Å². The summed E-state index contributed by atoms with van der Waals surface area (Å²) in [5.74, 6) is 1.54. The maximum Gasteiger partial charge on any atom is 0.226 e. The molecule has 1 aromatic heterocycles. The Kier molecular flexibility index (Phi) is 4.74. The Morgan fingerprint density at radius 3 is 2.65 bits per heavy atom. The minimum atomic E-state index is 0.211. The number of benzene rings is 2. The number of piperidine rings is 1. The molecule has 0 aliphatic carbocycles. The van der Waals surface area contributed by atoms with Crippen LogP contribution in [0.25, 0.3) is 11.1 Å². The lowest BCUT2D eigenvalue weighted by molar-refractivity contribution is -0.131. The van der Waals surface area contributed by atoms with Crippen LogP contribution in [0.3, 0.4) is 0 Å². The first-order chi connectivity index (χ1) is 12.7. The quantitative estimate of drug-likeness (QED) is 0.711. The summed E-state index contributed by atoms with van der Waals surface area (Å²) in [6.07, 6.45) is 3.72. The number of nitrogens with zero attached hydrogens (tertiary/aromatic N) is 2. The van der Waals surface area contributed by atoms with Crippen LogP contribution < -0.4 is 0 Å². The fraction of sp³-hybridized carbons (Fsp3) is 0.364. The number of aromatic nitrogens is 1. The van der Waals surface area contributed by atoms with E-state index in [0.717, 1.165) is 49.0 Å². The molecule has 4 nitrogen and oxygen atoms in total. The standard InChI is InChI=1S/C22H24N2O2/c1-16-23-20-14-19(7-8-21(20)26-16)15-22(25)24-11-9-18(10-12-24)13-17-5-3-2-4-6-17/h2-8,14,18H,9-13,15H2,1H3. The molecule has 0 unspecified atom stereocenters. The Balaban J connectivity index is 1.32. The molecule has 2 aromatic carbocycles. The summed E-state index contributed by atoms with van der Waals surface area (Å²) in [6, 6.07) is 16.5. The van der Waals surface area contributed by atoms with Crippen molar-refractivity contribution >= 4 is 17.0 Å². The molecule has 0 spiro atoms. The molecule has 0 bridgehead atoms. The lowest BCUT2D eigenvalue weighted by atomic mass is 9.90. The average molecular weight is 348 g/mol. The van der Waals surface area contributed by atoms with E-state index in [1.807, 2.05) is 30.0 Å². The van der Waals surface area contributed by atoms with Gasteiger partial charge in [0.15, 0.2) is 11.5 Å². The molecular weight excluding hydrogens is 324 g/mol. The smallest absolute Gasteiger partial charge is 0.226 e. The summed E-state index contributed by atoms with van der Waals surface area (Å²) in [4.78, 5) is 19.0. The molecular formula is C22H24N2O2. The van der Waals surface area contributed by atoms with Crippen molar-refractivity contribution in [2.45, 2.75) is 32.6 Å². The SMILES string of the molecule is Cc1nc2cc(CC(=O)N3CCC(Cc4ccccc4)CC3)ccc2o1. The lowest BCUT2D eigenvalue weighted by Gasteiger charge is -2.32. The van der Waals surface area contributed by atoms with E-state index in [1.54, 1.807) is 0 Å². The minimum absolute atomic E-state index is 0.211. The molecule has 1 aliphatic rings. The highest BCUT2D eigenvalue weighted by Crippen LogP contribution is 2.23. The molecule has 1 amide bonds. The van der Waals surface area contributed by atoms with E-state index in [0.29, 0.717) is 18.2 Å². The van der Waals surface area contributed by atoms with Crippen LogP contribution in [0.1, 0.15) is 29.9 Å². The third-order valence-electron chi connectivity index (χ3n) is 5.25. The van der Waals surface area contributed by atoms with Gasteiger partial charge in [0, 0.05) is 20.0 Å². The first-order valence-corrected chi connectivity index (χ1v) is 9.35. The maximum atomic E-state index is 12.7. The van der Waals surface area contributed by atoms with E-state index < -0.39 is 0 Å². The van der Waals surface area contributed by atoms with Crippen molar-refractivity contribution in [2.24, 2.45) is 5.92 Å². The second-order valence-corrected chi connectivity index (χ2v) is 7.23. The Morgan fingerprint density at radius 1 is 1.12 bits per heavy atom. The zero-order chi connectivity index (χ0) is 17.9. The van der Waals surface area contributed by atoms with Crippen LogP contribution >= 0.6 is 0 Å². The Hall–Kier alpha value is -2.62. The lowest BCUT2D eigenvalue weighted by Crippen LogP contribution is -2.39. The van der Waals surface area contributed by atoms with Gasteiger partial charge in [-0.1, -0.05) is 36.4 Å². The largest absolute Gasteiger partial charge is 0.441 e. The molecule has 1 aliphatic heterocycles. The molecule has 0 N–H and O–H groups in total. The van der Waals surface area contributed by atoms with Crippen LogP contribution in [-0.2, 0) is 17.6 Å². The van der Waals surface area contributed by atoms with Crippen molar-refractivity contribution in [1.82, 2.24) is 9.88 Å². The fourth-order valence-corrected chi connectivity index (χ4v) is 3.82. The van der Waals surface area contributed by atoms with Gasteiger partial charge in [0.05, 0.1) is 6.42 Å². The van der Waals surface area contributed by atoms with Gasteiger partial charge in [-0.3, -0.25) is 4.79 Å². The highest BCUT2D eigenvalue weighted by molar-refractivity contribution is 5.81. The van der Waals surface area contributed by atoms with E-state index >= 15 is 0 Å². The molecule has 1 fully saturated rings. The molecule has 4 heteroatoms. The monoisotopic (exact) mass is 348 g/mol. The predicted molar refractivity (Wildman–Crippen MR) is 102 cm³/mol. The minimum Gasteiger partial charge on any atom is -0.441 e. The summed E-state index contributed by atoms with van der Waals surface area (Å²) in [5, 5.41) is 0. The fourth-order valence-electron chi connectivity index (χ4n) is 3.82. The number of likely N-dealkylation sites (tertiary alicyclic amines) is 1. The molecule has 1 saturated heterocycles. The second-order valence-electron chi connectivity index (χ2n) is 7.23. The van der Waals surface area contributed by atoms with Crippen molar-refractivity contribution in [3.8, 4) is 0 Å². The van der Waals surface area contributed by atoms with Crippen LogP contribution in [-0.4, -0.2) is 28.9 Å². The predicted octanol–water partition coefficient (Wildman–Crippen LogP) is 4.16. The summed E-state index contributed by atoms with van der Waals surface area (Å²) in [7, 11) is 0. The molecule has 3 aromatic rings. The third-order valence-corrected chi connectivity index (χ3v) is 5.25. The van der Waals surface area contributed by atoms with E-state index in [9.17, 15) is 4.79 Å². The zero-order valence-electron chi connectivity index (χ0n) is 15.1. The molecule has 4 rings (SSSR count). The number of carbonyl (C=O) groups excluding carboxylic acids is 1. The van der Waals surface area contributed by atoms with Crippen molar-refractivity contribution in [1.29, 1.82) is 0 Å². The Bertz CT molecular complexity index is 893. The van der Waals surface area contributed by atoms with Crippen molar-refractivity contribution in [3.63, 3.8) is 0 Å². The highest BCUT2D eigenvalue weighted by atomic mass is 16.3. The molecule has 0 radical (unpaired) electrons. The van der Waals surface area contributed by atoms with Gasteiger partial charge in [0.2, 0.25) is 5.91 Å². The molecule has 2 heterocycles. The average Bonchev–Trinajstić information content (AvgIpc) is 3.02. The van der Waals surface area contributed by atoms with Crippen LogP contribution in [0.2, 0.25) is 0 Å². The van der Waals surface area contributed by atoms with Gasteiger partial charge in [-0.2, -0.15) is 0 Å². The van der Waals surface area contributed by atoms with Gasteiger partial charge in [-0.15, -0.1) is 0 Å². The van der Waals surface area contributed by atoms with Crippen molar-refractivity contribution in [2.75, 3.05) is 13.1 Å². The van der Waals surface area contributed by atoms with Gasteiger partial charge >= 0.3 is 0 Å². The molecule has 26 heavy (non-hydrogen) atoms. The zero-order valence-corrected chi connectivity index (χ0v) is 15.1. The van der Waals surface area contributed by atoms with Crippen molar-refractivity contribution < 1.29 is 9.21 Å². The first kappa shape index (κ1) is 16.8. The number of fused-ring (bicyclic) bond motifs is 1. The number of amides is 1. The molecule has 0 saturated carbocycles. The van der Waals surface area contributed by atoms with E-state index in [2.05, 4.69) is 35.3 Å². The second kappa shape index (κ2) is 7.32. The normalized spacial score (nSPS) is 15.5. The summed E-state index contributed by atoms with van der Waals surface area (Å²) in [6.45, 7) is 3.56. The Labute approximate surface area is 153 Å². The summed E-state index contributed by atoms with van der Waals surface area (Å²) < 4.78 is 5.50. The van der Waals surface area contributed by atoms with E-state index in [1.165, 1.54) is 5.56 Å². The van der Waals surface area contributed by atoms with Crippen LogP contribution in [0.15, 0.2) is 52.9 Å². The highest BCUT2D eigenvalue weighted by Gasteiger charge is 2.23. The topological polar surface area (TPSA) is 46.3 Å². The number of rotatable bonds is 4. The van der Waals surface area contributed by atoms with Gasteiger partial charge in [0.1, 0.15) is 5.52 Å². The third kappa shape index (κ3) is 3.79. The van der Waals surface area contributed by atoms with Gasteiger partial charge in [0.25, 0.3) is 0 Å². The number of carbonyl (C=O) groups is 1. The summed E-state index contributed by atoms with van der Waals surface area (Å²) in [5.41, 5.74) is 4.01. The van der Waals surface area contributed by atoms with Gasteiger partial charge < -0.3 is 9.32 Å². The van der Waals surface area contributed by atoms with Gasteiger partial charge in [-0.25, -0.2) is 4.98 Å². The number of hydrogen-bond acceptors (Lipinski definition) is 3. The molecule has 134 valence electrons. The van der Waals surface area contributed by atoms with Crippen LogP contribution in [0, 0.1) is 12.8 Å². The van der Waals surface area contributed by atoms with Crippen LogP contribution in [0.5, 0.6) is 0 Å². The summed E-state index contributed by atoms with van der Waals surface area (Å²) >= 11 is 0. The van der Waals surface area contributed by atoms with E-state index in [-0.39, 0.29) is 5.91 Å². The Morgan fingerprint density at radius 2 is 1.88 bits per heavy atom. The maximum absolute atomic E-state index is 12.7. The molecule has 0 atom stereocenters. The number of oxazole rings is 1. The number of hydrogen-bond donors (Lipinski definition) is 0. The number of aryl methyl sites for hydroxylation is 1.